The molecule has 1 heterocycles. The van der Waals surface area contributed by atoms with E-state index in [0.717, 1.165) is 29.2 Å². The second-order valence-corrected chi connectivity index (χ2v) is 16.5. The van der Waals surface area contributed by atoms with E-state index < -0.39 is 71.3 Å². The number of methoxy groups -OCH3 is 1. The zero-order valence-corrected chi connectivity index (χ0v) is 36.3. The van der Waals surface area contributed by atoms with Gasteiger partial charge in [-0.25, -0.2) is 9.48 Å². The van der Waals surface area contributed by atoms with Crippen LogP contribution in [0.25, 0.3) is 10.8 Å². The van der Waals surface area contributed by atoms with Gasteiger partial charge in [-0.1, -0.05) is 141 Å². The molecule has 0 aliphatic carbocycles. The number of esters is 2. The van der Waals surface area contributed by atoms with Crippen molar-refractivity contribution in [3.63, 3.8) is 0 Å². The maximum atomic E-state index is 14.6. The minimum absolute atomic E-state index is 0.00697. The molecule has 6 aromatic rings. The number of nitrogens with one attached hydrogen (secondary N) is 3. The molecule has 0 aliphatic rings. The minimum Gasteiger partial charge on any atom is -0.467 e. The smallest absolute Gasteiger partial charge is 0.328 e. The maximum Gasteiger partial charge on any atom is 0.328 e. The van der Waals surface area contributed by atoms with Gasteiger partial charge >= 0.3 is 11.9 Å². The van der Waals surface area contributed by atoms with Crippen LogP contribution in [0.4, 0.5) is 0 Å². The lowest BCUT2D eigenvalue weighted by Gasteiger charge is -2.36. The summed E-state index contributed by atoms with van der Waals surface area (Å²) in [5, 5.41) is 23.2. The van der Waals surface area contributed by atoms with Crippen LogP contribution in [-0.2, 0) is 40.6 Å². The molecule has 3 atom stereocenters. The number of amides is 3. The Bertz CT molecular complexity index is 2420. The average molecular weight is 852 g/mol. The lowest BCUT2D eigenvalue weighted by molar-refractivity contribution is -0.159. The van der Waals surface area contributed by atoms with Crippen molar-refractivity contribution in [3.05, 3.63) is 162 Å². The monoisotopic (exact) mass is 851 g/mol. The molecule has 0 saturated heterocycles. The molecule has 0 unspecified atom stereocenters. The number of carbonyl (C=O) groups is 5. The summed E-state index contributed by atoms with van der Waals surface area (Å²) in [5.41, 5.74) is 1.12. The molecule has 3 N–H and O–H groups in total. The highest BCUT2D eigenvalue weighted by Crippen LogP contribution is 2.40. The van der Waals surface area contributed by atoms with Crippen LogP contribution in [0.15, 0.2) is 133 Å². The van der Waals surface area contributed by atoms with E-state index in [1.54, 1.807) is 51.4 Å². The van der Waals surface area contributed by atoms with Crippen molar-refractivity contribution >= 4 is 40.4 Å². The van der Waals surface area contributed by atoms with E-state index in [4.69, 9.17) is 9.47 Å². The van der Waals surface area contributed by atoms with Crippen LogP contribution < -0.4 is 16.0 Å². The van der Waals surface area contributed by atoms with Crippen LogP contribution in [0.2, 0.25) is 0 Å². The molecule has 0 saturated carbocycles. The van der Waals surface area contributed by atoms with Gasteiger partial charge in [0.25, 0.3) is 5.91 Å². The normalized spacial score (nSPS) is 13.1. The standard InChI is InChI=1S/C49H53N7O7/c1-32(2)43(46(60)51-40(47(61)62-6)31-42(57)63-48(3,4)5)52-45(59)39(50-44(58)38-28-18-20-33-19-16-17-27-37(33)38)29-30-41-53-54-55-56(41)49(34-21-10-7-11-22-34,35-23-12-8-13-24-35)36-25-14-9-15-26-36/h7-28,32,39-40,43H,29-31H2,1-6H3,(H,50,58)(H,51,60)(H,52,59)/t39-,40-,43-/m0/s1. The van der Waals surface area contributed by atoms with Gasteiger partial charge in [0.1, 0.15) is 29.3 Å². The van der Waals surface area contributed by atoms with Gasteiger partial charge in [0.05, 0.1) is 13.5 Å². The molecule has 0 radical (unpaired) electrons. The highest BCUT2D eigenvalue weighted by Gasteiger charge is 2.42. The van der Waals surface area contributed by atoms with Crippen molar-refractivity contribution in [2.45, 2.75) is 83.1 Å². The summed E-state index contributed by atoms with van der Waals surface area (Å²) in [6.07, 6.45) is -0.385. The Labute approximate surface area is 366 Å². The topological polar surface area (TPSA) is 184 Å². The first-order chi connectivity index (χ1) is 30.2. The molecule has 6 rings (SSSR count). The van der Waals surface area contributed by atoms with Crippen LogP contribution in [0.3, 0.4) is 0 Å². The first-order valence-corrected chi connectivity index (χ1v) is 20.9. The second kappa shape index (κ2) is 20.1. The van der Waals surface area contributed by atoms with E-state index in [1.807, 2.05) is 121 Å². The fourth-order valence-corrected chi connectivity index (χ4v) is 7.66. The van der Waals surface area contributed by atoms with E-state index in [2.05, 4.69) is 31.5 Å². The number of aryl methyl sites for hydroxylation is 1. The molecular formula is C49H53N7O7. The number of tetrazole rings is 1. The quantitative estimate of drug-likeness (QED) is 0.0735. The highest BCUT2D eigenvalue weighted by molar-refractivity contribution is 6.08. The second-order valence-electron chi connectivity index (χ2n) is 16.5. The Kier molecular flexibility index (Phi) is 14.5. The molecular weight excluding hydrogens is 799 g/mol. The summed E-state index contributed by atoms with van der Waals surface area (Å²) in [6.45, 7) is 8.49. The van der Waals surface area contributed by atoms with Gasteiger partial charge in [0.15, 0.2) is 5.82 Å². The first-order valence-electron chi connectivity index (χ1n) is 20.9. The van der Waals surface area contributed by atoms with Gasteiger partial charge in [0, 0.05) is 12.0 Å². The third-order valence-electron chi connectivity index (χ3n) is 10.6. The Morgan fingerprint density at radius 3 is 1.78 bits per heavy atom. The predicted molar refractivity (Wildman–Crippen MR) is 237 cm³/mol. The number of fused-ring (bicyclic) bond motifs is 1. The van der Waals surface area contributed by atoms with Crippen molar-refractivity contribution in [3.8, 4) is 0 Å². The van der Waals surface area contributed by atoms with E-state index in [0.29, 0.717) is 16.8 Å². The molecule has 0 spiro atoms. The van der Waals surface area contributed by atoms with Crippen LogP contribution >= 0.6 is 0 Å². The Morgan fingerprint density at radius 2 is 1.22 bits per heavy atom. The fraction of sp³-hybridized carbons (Fsp3) is 0.306. The Hall–Kier alpha value is -7.22. The molecule has 3 amide bonds. The highest BCUT2D eigenvalue weighted by atomic mass is 16.6. The molecule has 0 bridgehead atoms. The van der Waals surface area contributed by atoms with Crippen molar-refractivity contribution in [2.75, 3.05) is 7.11 Å². The summed E-state index contributed by atoms with van der Waals surface area (Å²) in [7, 11) is 1.14. The zero-order valence-electron chi connectivity index (χ0n) is 36.3. The van der Waals surface area contributed by atoms with Gasteiger partial charge < -0.3 is 25.4 Å². The zero-order chi connectivity index (χ0) is 45.1. The van der Waals surface area contributed by atoms with Gasteiger partial charge in [-0.15, -0.1) is 5.10 Å². The number of hydrogen-bond donors (Lipinski definition) is 3. The number of benzene rings is 5. The summed E-state index contributed by atoms with van der Waals surface area (Å²) < 4.78 is 12.0. The summed E-state index contributed by atoms with van der Waals surface area (Å²) in [6, 6.07) is 38.6. The number of ether oxygens (including phenoxy) is 2. The van der Waals surface area contributed by atoms with Gasteiger partial charge in [-0.3, -0.25) is 19.2 Å². The third-order valence-corrected chi connectivity index (χ3v) is 10.6. The Balaban J connectivity index is 1.35. The van der Waals surface area contributed by atoms with E-state index in [9.17, 15) is 24.0 Å². The molecule has 1 aromatic heterocycles. The Morgan fingerprint density at radius 1 is 0.667 bits per heavy atom. The lowest BCUT2D eigenvalue weighted by Crippen LogP contribution is -2.57. The van der Waals surface area contributed by atoms with Gasteiger partial charge in [0.2, 0.25) is 11.8 Å². The molecule has 14 nitrogen and oxygen atoms in total. The number of aromatic nitrogens is 4. The maximum absolute atomic E-state index is 14.6. The number of hydrogen-bond acceptors (Lipinski definition) is 10. The largest absolute Gasteiger partial charge is 0.467 e. The minimum atomic E-state index is -1.39. The van der Waals surface area contributed by atoms with Crippen LogP contribution in [0, 0.1) is 5.92 Å². The van der Waals surface area contributed by atoms with Crippen molar-refractivity contribution in [1.29, 1.82) is 0 Å². The molecule has 326 valence electrons. The van der Waals surface area contributed by atoms with Crippen molar-refractivity contribution in [2.24, 2.45) is 5.92 Å². The summed E-state index contributed by atoms with van der Waals surface area (Å²) >= 11 is 0. The van der Waals surface area contributed by atoms with Crippen molar-refractivity contribution in [1.82, 2.24) is 36.2 Å². The number of carbonyl (C=O) groups excluding carboxylic acids is 5. The molecule has 0 aliphatic heterocycles. The molecule has 14 heteroatoms. The molecule has 0 fully saturated rings. The summed E-state index contributed by atoms with van der Waals surface area (Å²) in [4.78, 5) is 68.2. The summed E-state index contributed by atoms with van der Waals surface area (Å²) in [5.74, 6) is -3.58. The number of nitrogens with zero attached hydrogens (tertiary/aromatic N) is 4. The van der Waals surface area contributed by atoms with Crippen molar-refractivity contribution < 1.29 is 33.4 Å². The fourth-order valence-electron chi connectivity index (χ4n) is 7.66. The molecule has 63 heavy (non-hydrogen) atoms. The van der Waals surface area contributed by atoms with Crippen LogP contribution in [0.1, 0.15) is 80.3 Å². The predicted octanol–water partition coefficient (Wildman–Crippen LogP) is 5.93. The van der Waals surface area contributed by atoms with Crippen LogP contribution in [0.5, 0.6) is 0 Å². The van der Waals surface area contributed by atoms with Gasteiger partial charge in [-0.2, -0.15) is 0 Å². The van der Waals surface area contributed by atoms with E-state index in [1.165, 1.54) is 0 Å². The lowest BCUT2D eigenvalue weighted by atomic mass is 9.77. The SMILES string of the molecule is COC(=O)[C@H](CC(=O)OC(C)(C)C)NC(=O)[C@@H](NC(=O)[C@H](CCc1nnnn1C(c1ccccc1)(c1ccccc1)c1ccccc1)NC(=O)c1cccc2ccccc12)C(C)C. The van der Waals surface area contributed by atoms with Crippen LogP contribution in [-0.4, -0.2) is 80.7 Å². The van der Waals surface area contributed by atoms with E-state index >= 15 is 0 Å². The van der Waals surface area contributed by atoms with E-state index in [-0.39, 0.29) is 12.8 Å². The average Bonchev–Trinajstić information content (AvgIpc) is 3.75. The third kappa shape index (κ3) is 10.6. The number of rotatable bonds is 17. The first kappa shape index (κ1) is 45.3. The van der Waals surface area contributed by atoms with Gasteiger partial charge in [-0.05, 0) is 77.1 Å². The molecule has 5 aromatic carbocycles.